The minimum Gasteiger partial charge on any atom is -0.350 e. The van der Waals surface area contributed by atoms with Gasteiger partial charge in [0.2, 0.25) is 0 Å². The van der Waals surface area contributed by atoms with Crippen molar-refractivity contribution in [3.8, 4) is 24.2 Å². The number of urea groups is 1. The first-order valence-electron chi connectivity index (χ1n) is 8.70. The van der Waals surface area contributed by atoms with Gasteiger partial charge in [-0.25, -0.2) is 4.79 Å². The summed E-state index contributed by atoms with van der Waals surface area (Å²) in [5.41, 5.74) is 4.88. The average molecular weight is 322 g/mol. The molecule has 132 valence electrons. The van der Waals surface area contributed by atoms with Crippen LogP contribution in [0.25, 0.3) is 0 Å². The smallest absolute Gasteiger partial charge is 0.339 e. The summed E-state index contributed by atoms with van der Waals surface area (Å²) in [6, 6.07) is -1.41. The van der Waals surface area contributed by atoms with Crippen molar-refractivity contribution in [2.24, 2.45) is 5.73 Å². The monoisotopic (exact) mass is 322 g/mol. The summed E-state index contributed by atoms with van der Waals surface area (Å²) in [6.07, 6.45) is 16.6. The number of nitrogens with two attached hydrogens (primary N) is 1. The Morgan fingerprint density at radius 2 is 1.61 bits per heavy atom. The number of hydrogen-bond acceptors (Lipinski definition) is 2. The van der Waals surface area contributed by atoms with Gasteiger partial charge in [-0.15, -0.1) is 18.3 Å². The highest BCUT2D eigenvalue weighted by Crippen LogP contribution is 2.01. The molecule has 1 unspecified atom stereocenters. The second-order valence-corrected chi connectivity index (χ2v) is 5.51. The Bertz CT molecular complexity index is 377. The maximum atomic E-state index is 10.5. The fraction of sp³-hybridized carbons (Fsp3) is 0.737. The first kappa shape index (κ1) is 23.6. The number of unbranched alkanes of at least 4 members (excludes halogenated alkanes) is 8. The molecule has 4 nitrogen and oxygen atoms in total. The number of terminal acetylenes is 1. The molecule has 0 aromatic rings. The zero-order valence-electron chi connectivity index (χ0n) is 15.1. The molecule has 0 aliphatic heterocycles. The quantitative estimate of drug-likeness (QED) is 0.279. The lowest BCUT2D eigenvalue weighted by Crippen LogP contribution is -2.38. The van der Waals surface area contributed by atoms with E-state index >= 15 is 0 Å². The maximum absolute atomic E-state index is 10.5. The summed E-state index contributed by atoms with van der Waals surface area (Å²) in [5.74, 6) is 8.31. The molecular weight excluding hydrogens is 288 g/mol. The van der Waals surface area contributed by atoms with E-state index in [1.807, 2.05) is 0 Å². The van der Waals surface area contributed by atoms with Crippen LogP contribution in [0, 0.1) is 24.2 Å². The molecule has 3 N–H and O–H groups in total. The number of amides is 2. The van der Waals surface area contributed by atoms with Crippen molar-refractivity contribution >= 4 is 6.03 Å². The Hall–Kier alpha value is -1.65. The lowest BCUT2D eigenvalue weighted by atomic mass is 10.1. The van der Waals surface area contributed by atoms with Crippen LogP contribution in [0.2, 0.25) is 0 Å². The van der Waals surface area contributed by atoms with Crippen LogP contribution in [0.15, 0.2) is 0 Å². The van der Waals surface area contributed by atoms with Crippen LogP contribution in [0.3, 0.4) is 0 Å². The normalized spacial score (nSPS) is 10.4. The van der Waals surface area contributed by atoms with Crippen LogP contribution in [-0.2, 0) is 0 Å². The molecule has 0 aromatic carbocycles. The zero-order valence-corrected chi connectivity index (χ0v) is 15.1. The lowest BCUT2D eigenvalue weighted by molar-refractivity contribution is -0.0536. The average Bonchev–Trinajstić information content (AvgIpc) is 2.54. The SMILES string of the molecule is C#CCCCCCC.CCCCCCC#CC(C)N(O)C(N)=O. The summed E-state index contributed by atoms with van der Waals surface area (Å²) in [7, 11) is 0. The van der Waals surface area contributed by atoms with Crippen molar-refractivity contribution in [1.82, 2.24) is 5.06 Å². The van der Waals surface area contributed by atoms with Crippen molar-refractivity contribution in [3.63, 3.8) is 0 Å². The molecule has 0 saturated carbocycles. The van der Waals surface area contributed by atoms with E-state index in [1.54, 1.807) is 6.92 Å². The Morgan fingerprint density at radius 3 is 2.04 bits per heavy atom. The van der Waals surface area contributed by atoms with Crippen LogP contribution >= 0.6 is 0 Å². The van der Waals surface area contributed by atoms with E-state index in [9.17, 15) is 4.79 Å². The van der Waals surface area contributed by atoms with Crippen molar-refractivity contribution in [3.05, 3.63) is 0 Å². The molecule has 0 saturated heterocycles. The number of primary amides is 1. The van der Waals surface area contributed by atoms with Gasteiger partial charge < -0.3 is 5.73 Å². The van der Waals surface area contributed by atoms with Crippen molar-refractivity contribution in [2.75, 3.05) is 0 Å². The van der Waals surface area contributed by atoms with Crippen LogP contribution in [0.5, 0.6) is 0 Å². The molecule has 0 aromatic heterocycles. The van der Waals surface area contributed by atoms with E-state index in [0.29, 0.717) is 5.06 Å². The fourth-order valence-electron chi connectivity index (χ4n) is 1.77. The predicted molar refractivity (Wildman–Crippen MR) is 96.8 cm³/mol. The minimum atomic E-state index is -0.872. The van der Waals surface area contributed by atoms with E-state index in [2.05, 4.69) is 31.6 Å². The van der Waals surface area contributed by atoms with Gasteiger partial charge in [-0.05, 0) is 19.8 Å². The van der Waals surface area contributed by atoms with Gasteiger partial charge >= 0.3 is 6.03 Å². The second kappa shape index (κ2) is 18.4. The molecule has 4 heteroatoms. The first-order chi connectivity index (χ1) is 11.0. The Balaban J connectivity index is 0. The molecule has 0 fully saturated rings. The number of rotatable bonds is 9. The molecule has 0 rings (SSSR count). The molecule has 2 amide bonds. The zero-order chi connectivity index (χ0) is 17.9. The van der Waals surface area contributed by atoms with Crippen LogP contribution in [0.1, 0.15) is 85.0 Å². The number of carbonyl (C=O) groups is 1. The van der Waals surface area contributed by atoms with Crippen molar-refractivity contribution in [1.29, 1.82) is 0 Å². The van der Waals surface area contributed by atoms with E-state index in [-0.39, 0.29) is 0 Å². The highest BCUT2D eigenvalue weighted by molar-refractivity contribution is 5.71. The Kier molecular flexibility index (Phi) is 18.9. The molecule has 1 atom stereocenters. The number of hydroxylamine groups is 2. The summed E-state index contributed by atoms with van der Waals surface area (Å²) in [5, 5.41) is 9.54. The highest BCUT2D eigenvalue weighted by atomic mass is 16.5. The summed E-state index contributed by atoms with van der Waals surface area (Å²) in [6.45, 7) is 5.99. The fourth-order valence-corrected chi connectivity index (χ4v) is 1.77. The molecule has 0 aliphatic carbocycles. The van der Waals surface area contributed by atoms with Crippen LogP contribution in [0.4, 0.5) is 4.79 Å². The molecule has 23 heavy (non-hydrogen) atoms. The van der Waals surface area contributed by atoms with Gasteiger partial charge in [0.05, 0.1) is 0 Å². The van der Waals surface area contributed by atoms with Crippen LogP contribution < -0.4 is 5.73 Å². The molecular formula is C19H34N2O2. The van der Waals surface area contributed by atoms with Crippen molar-refractivity contribution < 1.29 is 10.0 Å². The molecule has 0 radical (unpaired) electrons. The Morgan fingerprint density at radius 1 is 1.09 bits per heavy atom. The third-order valence-corrected chi connectivity index (χ3v) is 3.23. The maximum Gasteiger partial charge on any atom is 0.339 e. The van der Waals surface area contributed by atoms with Crippen LogP contribution in [-0.4, -0.2) is 22.3 Å². The second-order valence-electron chi connectivity index (χ2n) is 5.51. The Labute approximate surface area is 142 Å². The number of nitrogens with zero attached hydrogens (tertiary/aromatic N) is 1. The minimum absolute atomic E-state index is 0.443. The third-order valence-electron chi connectivity index (χ3n) is 3.23. The molecule has 0 heterocycles. The van der Waals surface area contributed by atoms with Gasteiger partial charge in [0.25, 0.3) is 0 Å². The number of hydrogen-bond donors (Lipinski definition) is 2. The van der Waals surface area contributed by atoms with Gasteiger partial charge in [0.15, 0.2) is 0 Å². The topological polar surface area (TPSA) is 66.6 Å². The predicted octanol–water partition coefficient (Wildman–Crippen LogP) is 4.71. The molecule has 0 spiro atoms. The van der Waals surface area contributed by atoms with Gasteiger partial charge in [0, 0.05) is 12.8 Å². The van der Waals surface area contributed by atoms with Crippen molar-refractivity contribution in [2.45, 2.75) is 91.0 Å². The summed E-state index contributed by atoms with van der Waals surface area (Å²) >= 11 is 0. The highest BCUT2D eigenvalue weighted by Gasteiger charge is 2.11. The third kappa shape index (κ3) is 18.3. The standard InChI is InChI=1S/C11H20N2O2.C8H14/c1-3-4-5-6-7-8-9-10(2)13(15)11(12)14;1-3-5-7-8-6-4-2/h10,15H,3-7H2,1-2H3,(H2,12,14);1H,4-8H2,2H3. The van der Waals surface area contributed by atoms with E-state index in [1.165, 1.54) is 44.9 Å². The largest absolute Gasteiger partial charge is 0.350 e. The molecule has 0 bridgehead atoms. The first-order valence-corrected chi connectivity index (χ1v) is 8.70. The van der Waals surface area contributed by atoms with E-state index < -0.39 is 12.1 Å². The molecule has 0 aliphatic rings. The lowest BCUT2D eigenvalue weighted by Gasteiger charge is -2.14. The number of carbonyl (C=O) groups excluding carboxylic acids is 1. The van der Waals surface area contributed by atoms with Gasteiger partial charge in [-0.1, -0.05) is 58.3 Å². The summed E-state index contributed by atoms with van der Waals surface area (Å²) < 4.78 is 0. The van der Waals surface area contributed by atoms with Gasteiger partial charge in [-0.3, -0.25) is 5.21 Å². The van der Waals surface area contributed by atoms with Gasteiger partial charge in [0.1, 0.15) is 6.04 Å². The van der Waals surface area contributed by atoms with E-state index in [4.69, 9.17) is 17.4 Å². The van der Waals surface area contributed by atoms with E-state index in [0.717, 1.165) is 19.3 Å². The summed E-state index contributed by atoms with van der Waals surface area (Å²) in [4.78, 5) is 10.5. The van der Waals surface area contributed by atoms with Gasteiger partial charge in [-0.2, -0.15) is 5.06 Å².